The molecule has 2 rings (SSSR count). The predicted molar refractivity (Wildman–Crippen MR) is 68.2 cm³/mol. The lowest BCUT2D eigenvalue weighted by Crippen LogP contribution is -2.25. The number of imidazole rings is 1. The van der Waals surface area contributed by atoms with E-state index in [-0.39, 0.29) is 12.6 Å². The van der Waals surface area contributed by atoms with E-state index in [1.807, 2.05) is 48.0 Å². The molecular formula is C14H16N2O2. The molecule has 0 saturated heterocycles. The van der Waals surface area contributed by atoms with Crippen LogP contribution in [0.25, 0.3) is 0 Å². The Kier molecular flexibility index (Phi) is 3.89. The highest BCUT2D eigenvalue weighted by Crippen LogP contribution is 2.26. The molecule has 0 saturated carbocycles. The minimum absolute atomic E-state index is 0.180. The molecule has 0 aliphatic heterocycles. The van der Waals surface area contributed by atoms with Gasteiger partial charge in [0.25, 0.3) is 0 Å². The Balaban J connectivity index is 2.47. The third kappa shape index (κ3) is 2.33. The van der Waals surface area contributed by atoms with Crippen molar-refractivity contribution in [1.29, 1.82) is 0 Å². The highest BCUT2D eigenvalue weighted by Gasteiger charge is 2.24. The van der Waals surface area contributed by atoms with Gasteiger partial charge in [-0.15, -0.1) is 0 Å². The lowest BCUT2D eigenvalue weighted by Gasteiger charge is -2.24. The number of hydrogen-bond acceptors (Lipinski definition) is 3. The van der Waals surface area contributed by atoms with Gasteiger partial charge in [0.05, 0.1) is 18.6 Å². The van der Waals surface area contributed by atoms with E-state index in [1.54, 1.807) is 6.20 Å². The number of aryl methyl sites for hydroxylation is 1. The minimum atomic E-state index is -0.472. The van der Waals surface area contributed by atoms with E-state index in [0.29, 0.717) is 0 Å². The van der Waals surface area contributed by atoms with E-state index in [9.17, 15) is 9.90 Å². The Bertz CT molecular complexity index is 508. The van der Waals surface area contributed by atoms with E-state index in [1.165, 1.54) is 0 Å². The maximum atomic E-state index is 11.2. The summed E-state index contributed by atoms with van der Waals surface area (Å²) in [6.07, 6.45) is 4.33. The van der Waals surface area contributed by atoms with Crippen LogP contribution < -0.4 is 0 Å². The Morgan fingerprint density at radius 1 is 1.39 bits per heavy atom. The van der Waals surface area contributed by atoms with Gasteiger partial charge >= 0.3 is 0 Å². The van der Waals surface area contributed by atoms with Crippen LogP contribution in [0.2, 0.25) is 0 Å². The summed E-state index contributed by atoms with van der Waals surface area (Å²) in [5, 5.41) is 9.38. The fourth-order valence-electron chi connectivity index (χ4n) is 2.16. The van der Waals surface area contributed by atoms with E-state index < -0.39 is 5.92 Å². The molecule has 1 aromatic heterocycles. The molecular weight excluding hydrogens is 228 g/mol. The lowest BCUT2D eigenvalue weighted by molar-refractivity contribution is -0.113. The van der Waals surface area contributed by atoms with Gasteiger partial charge in [0, 0.05) is 12.4 Å². The molecule has 2 atom stereocenters. The summed E-state index contributed by atoms with van der Waals surface area (Å²) in [6.45, 7) is 1.70. The number of aldehydes is 1. The third-order valence-corrected chi connectivity index (χ3v) is 3.09. The molecule has 4 nitrogen and oxygen atoms in total. The minimum Gasteiger partial charge on any atom is -0.396 e. The standard InChI is InChI=1S/C14H16N2O2/c1-11-15-7-8-16(11)14(13(9-17)10-18)12-5-3-2-4-6-12/h2-9,13-14,18H,10H2,1H3. The van der Waals surface area contributed by atoms with Crippen molar-refractivity contribution in [3.63, 3.8) is 0 Å². The van der Waals surface area contributed by atoms with Crippen molar-refractivity contribution in [3.05, 3.63) is 54.1 Å². The number of rotatable bonds is 5. The van der Waals surface area contributed by atoms with Crippen LogP contribution in [0.5, 0.6) is 0 Å². The number of aliphatic hydroxyl groups excluding tert-OH is 1. The van der Waals surface area contributed by atoms with Crippen LogP contribution in [0.3, 0.4) is 0 Å². The van der Waals surface area contributed by atoms with Gasteiger partial charge < -0.3 is 14.5 Å². The van der Waals surface area contributed by atoms with Crippen LogP contribution >= 0.6 is 0 Å². The van der Waals surface area contributed by atoms with Crippen molar-refractivity contribution in [3.8, 4) is 0 Å². The second kappa shape index (κ2) is 5.60. The van der Waals surface area contributed by atoms with Gasteiger partial charge in [-0.3, -0.25) is 0 Å². The molecule has 0 radical (unpaired) electrons. The first kappa shape index (κ1) is 12.5. The average molecular weight is 244 g/mol. The molecule has 18 heavy (non-hydrogen) atoms. The van der Waals surface area contributed by atoms with Crippen molar-refractivity contribution in [2.24, 2.45) is 5.92 Å². The van der Waals surface area contributed by atoms with Gasteiger partial charge in [0.1, 0.15) is 12.1 Å². The molecule has 0 amide bonds. The van der Waals surface area contributed by atoms with E-state index in [4.69, 9.17) is 0 Å². The molecule has 0 aliphatic rings. The van der Waals surface area contributed by atoms with Crippen LogP contribution in [-0.2, 0) is 4.79 Å². The molecule has 1 N–H and O–H groups in total. The van der Waals surface area contributed by atoms with Gasteiger partial charge in [0.2, 0.25) is 0 Å². The fourth-order valence-corrected chi connectivity index (χ4v) is 2.16. The molecule has 1 heterocycles. The maximum absolute atomic E-state index is 11.2. The first-order chi connectivity index (χ1) is 8.77. The molecule has 2 unspecified atom stereocenters. The van der Waals surface area contributed by atoms with E-state index in [2.05, 4.69) is 4.98 Å². The Hall–Kier alpha value is -1.94. The van der Waals surface area contributed by atoms with Gasteiger partial charge in [-0.25, -0.2) is 4.98 Å². The van der Waals surface area contributed by atoms with Gasteiger partial charge in [0.15, 0.2) is 0 Å². The number of carbonyl (C=O) groups excluding carboxylic acids is 1. The monoisotopic (exact) mass is 244 g/mol. The van der Waals surface area contributed by atoms with Crippen LogP contribution in [-0.4, -0.2) is 27.6 Å². The zero-order valence-corrected chi connectivity index (χ0v) is 10.2. The largest absolute Gasteiger partial charge is 0.396 e. The smallest absolute Gasteiger partial charge is 0.127 e. The van der Waals surface area contributed by atoms with Crippen LogP contribution in [0.15, 0.2) is 42.7 Å². The fraction of sp³-hybridized carbons (Fsp3) is 0.286. The third-order valence-electron chi connectivity index (χ3n) is 3.09. The summed E-state index contributed by atoms with van der Waals surface area (Å²) >= 11 is 0. The molecule has 0 aliphatic carbocycles. The Labute approximate surface area is 106 Å². The van der Waals surface area contributed by atoms with Crippen molar-refractivity contribution in [2.45, 2.75) is 13.0 Å². The van der Waals surface area contributed by atoms with Crippen LogP contribution in [0, 0.1) is 12.8 Å². The molecule has 4 heteroatoms. The van der Waals surface area contributed by atoms with Gasteiger partial charge in [-0.05, 0) is 12.5 Å². The number of aromatic nitrogens is 2. The second-order valence-corrected chi connectivity index (χ2v) is 4.22. The predicted octanol–water partition coefficient (Wildman–Crippen LogP) is 1.59. The maximum Gasteiger partial charge on any atom is 0.127 e. The molecule has 0 bridgehead atoms. The molecule has 1 aromatic carbocycles. The van der Waals surface area contributed by atoms with Crippen molar-refractivity contribution < 1.29 is 9.90 Å². The molecule has 94 valence electrons. The molecule has 0 spiro atoms. The summed E-state index contributed by atoms with van der Waals surface area (Å²) in [5.74, 6) is 0.351. The summed E-state index contributed by atoms with van der Waals surface area (Å²) in [5.41, 5.74) is 0.991. The summed E-state index contributed by atoms with van der Waals surface area (Å²) in [4.78, 5) is 15.3. The summed E-state index contributed by atoms with van der Waals surface area (Å²) in [7, 11) is 0. The number of aliphatic hydroxyl groups is 1. The van der Waals surface area contributed by atoms with Crippen molar-refractivity contribution in [1.82, 2.24) is 9.55 Å². The van der Waals surface area contributed by atoms with Gasteiger partial charge in [-0.1, -0.05) is 30.3 Å². The van der Waals surface area contributed by atoms with E-state index >= 15 is 0 Å². The number of nitrogens with zero attached hydrogens (tertiary/aromatic N) is 2. The Morgan fingerprint density at radius 2 is 2.11 bits per heavy atom. The number of benzene rings is 1. The first-order valence-electron chi connectivity index (χ1n) is 5.88. The number of hydrogen-bond donors (Lipinski definition) is 1. The van der Waals surface area contributed by atoms with Crippen molar-refractivity contribution >= 4 is 6.29 Å². The SMILES string of the molecule is Cc1nccn1C(c1ccccc1)C(C=O)CO. The second-order valence-electron chi connectivity index (χ2n) is 4.22. The molecule has 0 fully saturated rings. The Morgan fingerprint density at radius 3 is 2.61 bits per heavy atom. The van der Waals surface area contributed by atoms with Crippen molar-refractivity contribution in [2.75, 3.05) is 6.61 Å². The highest BCUT2D eigenvalue weighted by molar-refractivity contribution is 5.56. The highest BCUT2D eigenvalue weighted by atomic mass is 16.3. The topological polar surface area (TPSA) is 55.1 Å². The zero-order valence-electron chi connectivity index (χ0n) is 10.2. The zero-order chi connectivity index (χ0) is 13.0. The van der Waals surface area contributed by atoms with Crippen LogP contribution in [0.1, 0.15) is 17.4 Å². The average Bonchev–Trinajstić information content (AvgIpc) is 2.83. The van der Waals surface area contributed by atoms with Crippen LogP contribution in [0.4, 0.5) is 0 Å². The quantitative estimate of drug-likeness (QED) is 0.813. The van der Waals surface area contributed by atoms with Gasteiger partial charge in [-0.2, -0.15) is 0 Å². The van der Waals surface area contributed by atoms with E-state index in [0.717, 1.165) is 17.7 Å². The lowest BCUT2D eigenvalue weighted by atomic mass is 9.94. The summed E-state index contributed by atoms with van der Waals surface area (Å²) in [6, 6.07) is 9.47. The molecule has 2 aromatic rings. The first-order valence-corrected chi connectivity index (χ1v) is 5.88. The number of carbonyl (C=O) groups is 1. The normalized spacial score (nSPS) is 14.1. The summed E-state index contributed by atoms with van der Waals surface area (Å²) < 4.78 is 1.92.